The largest absolute Gasteiger partial charge is 0.417 e. The molecule has 0 amide bonds. The van der Waals surface area contributed by atoms with Crippen molar-refractivity contribution < 1.29 is 98.2 Å². The van der Waals surface area contributed by atoms with Gasteiger partial charge < -0.3 is 29.6 Å². The van der Waals surface area contributed by atoms with E-state index in [1.807, 2.05) is 0 Å². The molecule has 0 aliphatic carbocycles. The van der Waals surface area contributed by atoms with Crippen LogP contribution in [0.15, 0.2) is 161 Å². The molecule has 0 aliphatic rings. The van der Waals surface area contributed by atoms with E-state index < -0.39 is 114 Å². The standard InChI is InChI=1S/C28H35ClF3N3O4SSi.C22H19ClF3N3O4S.C19H14ClF3N4O3S.C9H20O2Si/c1-18-9-10-22(16-23(18)28(30,31)32)40(37,38)35-24-15-20(29)17-34-25(24)26(36)19-11-12-33-21(14-19)8-7-13-39-41(5,6)27(2,3)4;1-13-4-5-17(11-18(13)22(24,25)26)34(32,33)29-19-10-15(23)12-28-20(19)21(31)14-6-7-27-16(9-14)3-2-8-30;1-10-2-3-13(8-14(10)19(21,22)23)31(29,30)27-15-7-12(20)9-26-17(15)18(28)11-4-5-25-16(24)6-11;1-9(2,3)12(4,5)11-8-6-7-10/h9-12,14-17,26,35-36H,7-8,13H2,1-6H3;4-7,9-12,29-30H,2-3,8H2,1H3;2-9,27H,1H3,(H2,24,25);7H,6,8H2,1-5H3. The molecule has 0 saturated heterocycles. The number of aliphatic hydroxyl groups is 2. The van der Waals surface area contributed by atoms with Crippen molar-refractivity contribution in [1.29, 1.82) is 0 Å². The Kier molecular flexibility index (Phi) is 33.2. The minimum absolute atomic E-state index is 0.00313. The topological polar surface area (TPSA) is 352 Å². The predicted molar refractivity (Wildman–Crippen MR) is 437 cm³/mol. The number of aldehydes is 1. The first-order valence-corrected chi connectivity index (χ1v) is 47.1. The fourth-order valence-electron chi connectivity index (χ4n) is 10.2. The summed E-state index contributed by atoms with van der Waals surface area (Å²) in [4.78, 5) is 58.3. The van der Waals surface area contributed by atoms with Crippen molar-refractivity contribution in [3.63, 3.8) is 0 Å². The molecule has 1 unspecified atom stereocenters. The Hall–Kier alpha value is -8.87. The van der Waals surface area contributed by atoms with Crippen LogP contribution in [0.4, 0.5) is 62.4 Å². The molecule has 23 nitrogen and oxygen atoms in total. The van der Waals surface area contributed by atoms with Crippen LogP contribution in [0.3, 0.4) is 0 Å². The molecule has 6 heterocycles. The number of anilines is 4. The van der Waals surface area contributed by atoms with Gasteiger partial charge in [0.15, 0.2) is 16.6 Å². The van der Waals surface area contributed by atoms with Crippen LogP contribution >= 0.6 is 34.8 Å². The van der Waals surface area contributed by atoms with E-state index in [2.05, 4.69) is 112 Å². The maximum Gasteiger partial charge on any atom is 0.416 e. The summed E-state index contributed by atoms with van der Waals surface area (Å²) in [6, 6.07) is 20.2. The van der Waals surface area contributed by atoms with Crippen molar-refractivity contribution in [3.8, 4) is 0 Å². The first kappa shape index (κ1) is 98.0. The third-order valence-corrected chi connectivity index (χ3v) is 32.5. The molecule has 6 aromatic heterocycles. The van der Waals surface area contributed by atoms with Crippen LogP contribution in [0, 0.1) is 20.8 Å². The zero-order valence-electron chi connectivity index (χ0n) is 66.1. The minimum atomic E-state index is -4.75. The number of hydrogen-bond donors (Lipinski definition) is 6. The number of sulfonamides is 3. The molecule has 0 spiro atoms. The van der Waals surface area contributed by atoms with Gasteiger partial charge in [-0.25, -0.2) is 40.2 Å². The number of carbonyl (C=O) groups is 3. The van der Waals surface area contributed by atoms with Crippen molar-refractivity contribution >= 4 is 122 Å². The molecule has 9 rings (SSSR count). The van der Waals surface area contributed by atoms with Crippen LogP contribution in [0.2, 0.25) is 51.3 Å². The summed E-state index contributed by atoms with van der Waals surface area (Å²) in [5, 5.41) is 20.6. The lowest BCUT2D eigenvalue weighted by atomic mass is 10.0. The van der Waals surface area contributed by atoms with E-state index >= 15 is 0 Å². The fraction of sp³-hybridized carbons (Fsp3) is 0.346. The van der Waals surface area contributed by atoms with Crippen LogP contribution in [-0.4, -0.2) is 120 Å². The molecule has 7 N–H and O–H groups in total. The van der Waals surface area contributed by atoms with Crippen molar-refractivity contribution in [1.82, 2.24) is 29.9 Å². The van der Waals surface area contributed by atoms with E-state index in [-0.39, 0.29) is 99.5 Å². The second-order valence-corrected chi connectivity index (χ2v) is 45.7. The second-order valence-electron chi connectivity index (χ2n) is 29.7. The monoisotopic (exact) mass is 1800 g/mol. The summed E-state index contributed by atoms with van der Waals surface area (Å²) in [5.41, 5.74) is 2.37. The van der Waals surface area contributed by atoms with Crippen LogP contribution in [-0.2, 0) is 75.1 Å². The Balaban J connectivity index is 0.000000258. The van der Waals surface area contributed by atoms with Crippen molar-refractivity contribution in [2.24, 2.45) is 0 Å². The molecule has 1 atom stereocenters. The number of aliphatic hydroxyl groups excluding tert-OH is 2. The summed E-state index contributed by atoms with van der Waals surface area (Å²) < 4.78 is 215. The van der Waals surface area contributed by atoms with Gasteiger partial charge in [0.1, 0.15) is 29.6 Å². The average Bonchev–Trinajstić information content (AvgIpc) is 0.790. The number of nitrogen functional groups attached to an aromatic ring is 1. The van der Waals surface area contributed by atoms with E-state index in [9.17, 15) is 84.3 Å². The van der Waals surface area contributed by atoms with Crippen LogP contribution < -0.4 is 19.9 Å². The maximum absolute atomic E-state index is 13.4. The predicted octanol–water partition coefficient (Wildman–Crippen LogP) is 18.4. The maximum atomic E-state index is 13.4. The molecular formula is C78H88Cl3F9N10O13S3Si2. The molecule has 0 bridgehead atoms. The Morgan fingerprint density at radius 1 is 0.500 bits per heavy atom. The number of alkyl halides is 9. The lowest BCUT2D eigenvalue weighted by Crippen LogP contribution is -2.41. The number of hydrogen-bond acceptors (Lipinski definition) is 20. The zero-order chi connectivity index (χ0) is 88.7. The lowest BCUT2D eigenvalue weighted by molar-refractivity contribution is -0.139. The van der Waals surface area contributed by atoms with Gasteiger partial charge in [-0.05, 0) is 196 Å². The highest BCUT2D eigenvalue weighted by Crippen LogP contribution is 2.41. The van der Waals surface area contributed by atoms with Gasteiger partial charge in [0.25, 0.3) is 30.1 Å². The highest BCUT2D eigenvalue weighted by molar-refractivity contribution is 7.93. The third-order valence-electron chi connectivity index (χ3n) is 18.7. The van der Waals surface area contributed by atoms with Gasteiger partial charge in [-0.2, -0.15) is 39.5 Å². The summed E-state index contributed by atoms with van der Waals surface area (Å²) in [7, 11) is -17.0. The number of halogens is 12. The molecule has 9 aromatic rings. The molecule has 638 valence electrons. The number of aryl methyl sites for hydroxylation is 5. The third kappa shape index (κ3) is 27.3. The Labute approximate surface area is 695 Å². The zero-order valence-corrected chi connectivity index (χ0v) is 72.8. The smallest absolute Gasteiger partial charge is 0.416 e. The summed E-state index contributed by atoms with van der Waals surface area (Å²) >= 11 is 17.9. The van der Waals surface area contributed by atoms with Crippen LogP contribution in [0.1, 0.15) is 155 Å². The van der Waals surface area contributed by atoms with Crippen LogP contribution in [0.25, 0.3) is 0 Å². The van der Waals surface area contributed by atoms with Crippen molar-refractivity contribution in [3.05, 3.63) is 240 Å². The van der Waals surface area contributed by atoms with Crippen LogP contribution in [0.5, 0.6) is 0 Å². The number of nitrogens with zero attached hydrogens (tertiary/aromatic N) is 6. The highest BCUT2D eigenvalue weighted by atomic mass is 35.5. The number of nitrogens with two attached hydrogens (primary N) is 1. The highest BCUT2D eigenvalue weighted by Gasteiger charge is 2.40. The van der Waals surface area contributed by atoms with Gasteiger partial charge in [0, 0.05) is 85.9 Å². The van der Waals surface area contributed by atoms with E-state index in [1.54, 1.807) is 12.1 Å². The van der Waals surface area contributed by atoms with Gasteiger partial charge in [0.2, 0.25) is 11.6 Å². The second kappa shape index (κ2) is 40.0. The number of carbonyl (C=O) groups excluding carboxylic acids is 3. The van der Waals surface area contributed by atoms with Gasteiger partial charge in [-0.15, -0.1) is 0 Å². The van der Waals surface area contributed by atoms with Crippen molar-refractivity contribution in [2.45, 2.75) is 170 Å². The molecule has 0 radical (unpaired) electrons. The Bertz CT molecular complexity index is 5460. The molecule has 0 fully saturated rings. The number of benzene rings is 3. The van der Waals surface area contributed by atoms with Gasteiger partial charge in [-0.1, -0.05) is 94.5 Å². The van der Waals surface area contributed by atoms with Crippen molar-refractivity contribution in [2.75, 3.05) is 39.7 Å². The Morgan fingerprint density at radius 3 is 1.26 bits per heavy atom. The van der Waals surface area contributed by atoms with E-state index in [4.69, 9.17) is 54.5 Å². The minimum Gasteiger partial charge on any atom is -0.417 e. The molecule has 0 saturated carbocycles. The quantitative estimate of drug-likeness (QED) is 0.00915. The SMILES string of the molecule is CC(C)(C)[Si](C)(C)OCCC=O.Cc1ccc(S(=O)(=O)Nc2cc(Cl)cnc2C(=O)c2ccnc(CCCO)c2)cc1C(F)(F)F.Cc1ccc(S(=O)(=O)Nc2cc(Cl)cnc2C(=O)c2ccnc(N)c2)cc1C(F)(F)F.Cc1ccc(S(=O)(=O)Nc2cc(Cl)cnc2C(O)c2ccnc(CCCO[Si](C)(C)C(C)(C)C)c2)cc1C(F)(F)F. The number of ketones is 2. The molecule has 3 aromatic carbocycles. The molecular weight excluding hydrogens is 1710 g/mol. The summed E-state index contributed by atoms with van der Waals surface area (Å²) in [5.74, 6) is -1.29. The number of aromatic nitrogens is 6. The average molecular weight is 1800 g/mol. The summed E-state index contributed by atoms with van der Waals surface area (Å²) in [6.07, 6.45) is -4.26. The summed E-state index contributed by atoms with van der Waals surface area (Å²) in [6.45, 7) is 26.6. The lowest BCUT2D eigenvalue weighted by Gasteiger charge is -2.36. The van der Waals surface area contributed by atoms with E-state index in [0.717, 1.165) is 73.6 Å². The first-order valence-electron chi connectivity index (χ1n) is 35.7. The van der Waals surface area contributed by atoms with Gasteiger partial charge in [0.05, 0.1) is 69.2 Å². The Morgan fingerprint density at radius 2 is 0.864 bits per heavy atom. The van der Waals surface area contributed by atoms with E-state index in [1.165, 1.54) is 75.9 Å². The van der Waals surface area contributed by atoms with E-state index in [0.29, 0.717) is 74.0 Å². The first-order chi connectivity index (χ1) is 54.4. The number of rotatable bonds is 27. The van der Waals surface area contributed by atoms with Gasteiger partial charge in [-0.3, -0.25) is 38.7 Å². The number of nitrogens with one attached hydrogen (secondary N) is 3. The number of pyridine rings is 6. The van der Waals surface area contributed by atoms with Gasteiger partial charge >= 0.3 is 18.5 Å². The normalized spacial score (nSPS) is 12.7. The molecule has 40 heteroatoms. The molecule has 0 aliphatic heterocycles. The molecule has 118 heavy (non-hydrogen) atoms. The fourth-order valence-corrected chi connectivity index (χ4v) is 16.1.